The zero-order valence-corrected chi connectivity index (χ0v) is 10.5. The molecular weight excluding hydrogens is 230 g/mol. The van der Waals surface area contributed by atoms with E-state index in [2.05, 4.69) is 29.2 Å². The van der Waals surface area contributed by atoms with E-state index >= 15 is 0 Å². The number of hydrogen-bond donors (Lipinski definition) is 0. The van der Waals surface area contributed by atoms with Crippen LogP contribution in [0.2, 0.25) is 0 Å². The highest BCUT2D eigenvalue weighted by Crippen LogP contribution is 2.37. The number of alkyl halides is 1. The predicted molar refractivity (Wildman–Crippen MR) is 72.6 cm³/mol. The Balaban J connectivity index is 1.99. The Morgan fingerprint density at radius 1 is 1.12 bits per heavy atom. The Labute approximate surface area is 107 Å². The van der Waals surface area contributed by atoms with Gasteiger partial charge in [-0.1, -0.05) is 31.0 Å². The van der Waals surface area contributed by atoms with Crippen LogP contribution in [0.1, 0.15) is 37.2 Å². The van der Waals surface area contributed by atoms with Crippen LogP contribution in [0.5, 0.6) is 0 Å². The van der Waals surface area contributed by atoms with Crippen LogP contribution in [-0.4, -0.2) is 10.4 Å². The third kappa shape index (κ3) is 2.16. The highest BCUT2D eigenvalue weighted by atomic mass is 35.5. The molecule has 1 fully saturated rings. The molecule has 0 aliphatic heterocycles. The molecule has 0 bridgehead atoms. The zero-order valence-electron chi connectivity index (χ0n) is 9.77. The summed E-state index contributed by atoms with van der Waals surface area (Å²) in [6, 6.07) is 10.7. The molecule has 0 amide bonds. The van der Waals surface area contributed by atoms with Crippen molar-refractivity contribution < 1.29 is 0 Å². The van der Waals surface area contributed by atoms with E-state index in [0.717, 1.165) is 11.9 Å². The van der Waals surface area contributed by atoms with Crippen LogP contribution in [0.25, 0.3) is 10.9 Å². The highest BCUT2D eigenvalue weighted by molar-refractivity contribution is 6.21. The van der Waals surface area contributed by atoms with Crippen molar-refractivity contribution >= 4 is 22.5 Å². The molecule has 2 aromatic rings. The number of nitrogens with zero attached hydrogens (tertiary/aromatic N) is 1. The van der Waals surface area contributed by atoms with Crippen molar-refractivity contribution in [2.45, 2.75) is 37.0 Å². The average Bonchev–Trinajstić information content (AvgIpc) is 2.39. The maximum absolute atomic E-state index is 6.45. The Bertz CT molecular complexity index is 523. The van der Waals surface area contributed by atoms with E-state index in [0.29, 0.717) is 11.3 Å². The third-order valence-electron chi connectivity index (χ3n) is 3.74. The first kappa shape index (κ1) is 11.0. The number of fused-ring (bicyclic) bond motifs is 1. The lowest BCUT2D eigenvalue weighted by Crippen LogP contribution is -2.17. The molecule has 2 atom stereocenters. The minimum Gasteiger partial charge on any atom is -0.256 e. The zero-order chi connectivity index (χ0) is 11.7. The molecule has 1 heterocycles. The number of rotatable bonds is 1. The van der Waals surface area contributed by atoms with Gasteiger partial charge in [-0.25, -0.2) is 0 Å². The van der Waals surface area contributed by atoms with Crippen molar-refractivity contribution in [3.05, 3.63) is 42.1 Å². The number of aromatic nitrogens is 1. The van der Waals surface area contributed by atoms with Crippen molar-refractivity contribution in [3.8, 4) is 0 Å². The van der Waals surface area contributed by atoms with Gasteiger partial charge in [0.2, 0.25) is 0 Å². The maximum atomic E-state index is 6.45. The van der Waals surface area contributed by atoms with E-state index in [-0.39, 0.29) is 0 Å². The summed E-state index contributed by atoms with van der Waals surface area (Å²) in [5, 5.41) is 1.50. The third-order valence-corrected chi connectivity index (χ3v) is 4.26. The van der Waals surface area contributed by atoms with Crippen LogP contribution in [0.15, 0.2) is 36.5 Å². The second-order valence-electron chi connectivity index (χ2n) is 4.86. The van der Waals surface area contributed by atoms with E-state index < -0.39 is 0 Å². The van der Waals surface area contributed by atoms with Crippen LogP contribution in [0.3, 0.4) is 0 Å². The number of hydrogen-bond acceptors (Lipinski definition) is 1. The van der Waals surface area contributed by atoms with Crippen molar-refractivity contribution in [3.63, 3.8) is 0 Å². The topological polar surface area (TPSA) is 12.9 Å². The number of pyridine rings is 1. The molecule has 88 valence electrons. The van der Waals surface area contributed by atoms with Gasteiger partial charge in [0.05, 0.1) is 5.52 Å². The number of benzene rings is 1. The Morgan fingerprint density at radius 3 is 2.88 bits per heavy atom. The molecule has 1 aliphatic rings. The standard InChI is InChI=1S/C15H16ClN/c16-14-6-2-1-5-13(14)12-8-7-11-4-3-9-17-15(11)10-12/h3-4,7-10,13-14H,1-2,5-6H2. The van der Waals surface area contributed by atoms with Gasteiger partial charge in [0.15, 0.2) is 0 Å². The molecule has 0 radical (unpaired) electrons. The van der Waals surface area contributed by atoms with E-state index in [1.807, 2.05) is 12.3 Å². The SMILES string of the molecule is ClC1CCCCC1c1ccc2cccnc2c1. The molecule has 0 spiro atoms. The van der Waals surface area contributed by atoms with Gasteiger partial charge in [0.25, 0.3) is 0 Å². The van der Waals surface area contributed by atoms with Crippen molar-refractivity contribution in [1.82, 2.24) is 4.98 Å². The van der Waals surface area contributed by atoms with Gasteiger partial charge in [0.1, 0.15) is 0 Å². The molecule has 0 N–H and O–H groups in total. The summed E-state index contributed by atoms with van der Waals surface area (Å²) in [4.78, 5) is 4.42. The maximum Gasteiger partial charge on any atom is 0.0704 e. The monoisotopic (exact) mass is 245 g/mol. The van der Waals surface area contributed by atoms with Crippen molar-refractivity contribution in [2.75, 3.05) is 0 Å². The predicted octanol–water partition coefficient (Wildman–Crippen LogP) is 4.50. The van der Waals surface area contributed by atoms with Crippen molar-refractivity contribution in [1.29, 1.82) is 0 Å². The first-order chi connectivity index (χ1) is 8.34. The largest absolute Gasteiger partial charge is 0.256 e. The van der Waals surface area contributed by atoms with Gasteiger partial charge in [-0.2, -0.15) is 0 Å². The summed E-state index contributed by atoms with van der Waals surface area (Å²) in [6.45, 7) is 0. The molecule has 1 nitrogen and oxygen atoms in total. The number of halogens is 1. The molecular formula is C15H16ClN. The lowest BCUT2D eigenvalue weighted by Gasteiger charge is -2.27. The smallest absolute Gasteiger partial charge is 0.0704 e. The summed E-state index contributed by atoms with van der Waals surface area (Å²) < 4.78 is 0. The second kappa shape index (κ2) is 4.66. The fourth-order valence-electron chi connectivity index (χ4n) is 2.78. The van der Waals surface area contributed by atoms with Gasteiger partial charge >= 0.3 is 0 Å². The molecule has 0 saturated heterocycles. The lowest BCUT2D eigenvalue weighted by atomic mass is 9.83. The van der Waals surface area contributed by atoms with E-state index in [9.17, 15) is 0 Å². The van der Waals surface area contributed by atoms with E-state index in [1.54, 1.807) is 0 Å². The molecule has 2 heteroatoms. The van der Waals surface area contributed by atoms with Crippen LogP contribution in [-0.2, 0) is 0 Å². The van der Waals surface area contributed by atoms with Crippen LogP contribution >= 0.6 is 11.6 Å². The second-order valence-corrected chi connectivity index (χ2v) is 5.42. The van der Waals surface area contributed by atoms with Gasteiger partial charge in [-0.3, -0.25) is 4.98 Å². The summed E-state index contributed by atoms with van der Waals surface area (Å²) in [7, 11) is 0. The lowest BCUT2D eigenvalue weighted by molar-refractivity contribution is 0.451. The summed E-state index contributed by atoms with van der Waals surface area (Å²) in [6.07, 6.45) is 6.79. The van der Waals surface area contributed by atoms with Crippen LogP contribution in [0.4, 0.5) is 0 Å². The van der Waals surface area contributed by atoms with E-state index in [1.165, 1.54) is 30.2 Å². The first-order valence-corrected chi connectivity index (χ1v) is 6.77. The fourth-order valence-corrected chi connectivity index (χ4v) is 3.20. The summed E-state index contributed by atoms with van der Waals surface area (Å²) >= 11 is 6.45. The first-order valence-electron chi connectivity index (χ1n) is 6.33. The Morgan fingerprint density at radius 2 is 2.00 bits per heavy atom. The Hall–Kier alpha value is -1.08. The minimum atomic E-state index is 0.296. The minimum absolute atomic E-state index is 0.296. The molecule has 3 rings (SSSR count). The van der Waals surface area contributed by atoms with Gasteiger partial charge in [-0.15, -0.1) is 11.6 Å². The summed E-state index contributed by atoms with van der Waals surface area (Å²) in [5.41, 5.74) is 2.44. The van der Waals surface area contributed by atoms with E-state index in [4.69, 9.17) is 11.6 Å². The Kier molecular flexibility index (Phi) is 3.02. The average molecular weight is 246 g/mol. The molecule has 1 saturated carbocycles. The van der Waals surface area contributed by atoms with Gasteiger partial charge in [-0.05, 0) is 30.5 Å². The molecule has 2 unspecified atom stereocenters. The normalized spacial score (nSPS) is 25.0. The van der Waals surface area contributed by atoms with Gasteiger partial charge in [0, 0.05) is 22.9 Å². The highest BCUT2D eigenvalue weighted by Gasteiger charge is 2.24. The quantitative estimate of drug-likeness (QED) is 0.674. The van der Waals surface area contributed by atoms with Crippen LogP contribution in [0, 0.1) is 0 Å². The van der Waals surface area contributed by atoms with Crippen LogP contribution < -0.4 is 0 Å². The molecule has 1 aromatic heterocycles. The molecule has 1 aromatic carbocycles. The fraction of sp³-hybridized carbons (Fsp3) is 0.400. The molecule has 1 aliphatic carbocycles. The van der Waals surface area contributed by atoms with Gasteiger partial charge < -0.3 is 0 Å². The summed E-state index contributed by atoms with van der Waals surface area (Å²) in [5.74, 6) is 0.511. The van der Waals surface area contributed by atoms with Crippen molar-refractivity contribution in [2.24, 2.45) is 0 Å². The molecule has 17 heavy (non-hydrogen) atoms.